The Balaban J connectivity index is 1.85. The highest BCUT2D eigenvalue weighted by atomic mass is 16.1. The second-order valence-electron chi connectivity index (χ2n) is 3.79. The minimum Gasteiger partial charge on any atom is -0.384 e. The molecule has 0 spiro atoms. The second-order valence-corrected chi connectivity index (χ2v) is 3.79. The number of pyridine rings is 1. The van der Waals surface area contributed by atoms with E-state index in [0.29, 0.717) is 30.3 Å². The third-order valence-corrected chi connectivity index (χ3v) is 2.28. The predicted octanol–water partition coefficient (Wildman–Crippen LogP) is -0.235. The molecule has 7 nitrogen and oxygen atoms in total. The molecular formula is C11H14N6O. The first-order valence-electron chi connectivity index (χ1n) is 5.50. The van der Waals surface area contributed by atoms with Gasteiger partial charge in [-0.3, -0.25) is 9.48 Å². The number of hydrogen-bond donors (Lipinski definition) is 2. The van der Waals surface area contributed by atoms with Crippen molar-refractivity contribution in [3.05, 3.63) is 36.0 Å². The lowest BCUT2D eigenvalue weighted by Gasteiger charge is -2.03. The molecule has 2 aromatic rings. The normalized spacial score (nSPS) is 10.3. The Morgan fingerprint density at radius 3 is 3.00 bits per heavy atom. The van der Waals surface area contributed by atoms with Gasteiger partial charge in [0.05, 0.1) is 0 Å². The van der Waals surface area contributed by atoms with Gasteiger partial charge in [-0.1, -0.05) is 6.07 Å². The molecule has 0 bridgehead atoms. The van der Waals surface area contributed by atoms with Gasteiger partial charge in [0.1, 0.15) is 17.8 Å². The van der Waals surface area contributed by atoms with Gasteiger partial charge in [-0.2, -0.15) is 5.10 Å². The third kappa shape index (κ3) is 3.03. The predicted molar refractivity (Wildman–Crippen MR) is 65.7 cm³/mol. The molecule has 0 aliphatic carbocycles. The number of nitrogens with zero attached hydrogens (tertiary/aromatic N) is 4. The topological polar surface area (TPSA) is 98.7 Å². The lowest BCUT2D eigenvalue weighted by molar-refractivity contribution is 0.0949. The van der Waals surface area contributed by atoms with Crippen LogP contribution < -0.4 is 11.1 Å². The summed E-state index contributed by atoms with van der Waals surface area (Å²) in [4.78, 5) is 19.7. The zero-order chi connectivity index (χ0) is 13.0. The van der Waals surface area contributed by atoms with Crippen LogP contribution in [0.1, 0.15) is 16.3 Å². The van der Waals surface area contributed by atoms with Crippen LogP contribution in [0.2, 0.25) is 0 Å². The van der Waals surface area contributed by atoms with Crippen molar-refractivity contribution in [1.29, 1.82) is 0 Å². The highest BCUT2D eigenvalue weighted by Crippen LogP contribution is 2.00. The lowest BCUT2D eigenvalue weighted by atomic mass is 10.3. The zero-order valence-electron chi connectivity index (χ0n) is 10.00. The number of amides is 1. The summed E-state index contributed by atoms with van der Waals surface area (Å²) >= 11 is 0. The molecule has 2 rings (SSSR count). The molecule has 2 aromatic heterocycles. The van der Waals surface area contributed by atoms with Crippen molar-refractivity contribution in [1.82, 2.24) is 25.1 Å². The monoisotopic (exact) mass is 246 g/mol. The molecule has 0 unspecified atom stereocenters. The summed E-state index contributed by atoms with van der Waals surface area (Å²) < 4.78 is 1.62. The van der Waals surface area contributed by atoms with Gasteiger partial charge in [-0.25, -0.2) is 9.97 Å². The van der Waals surface area contributed by atoms with Crippen LogP contribution in [0.5, 0.6) is 0 Å². The van der Waals surface area contributed by atoms with E-state index in [9.17, 15) is 4.79 Å². The number of nitrogens with one attached hydrogen (secondary N) is 1. The van der Waals surface area contributed by atoms with Crippen molar-refractivity contribution >= 4 is 11.7 Å². The Kier molecular flexibility index (Phi) is 3.52. The molecule has 2 heterocycles. The van der Waals surface area contributed by atoms with Crippen molar-refractivity contribution in [2.45, 2.75) is 6.42 Å². The number of aromatic nitrogens is 4. The molecule has 7 heteroatoms. The SMILES string of the molecule is Cn1cnc(CCNC(=O)c2cccc(N)n2)n1. The van der Waals surface area contributed by atoms with Gasteiger partial charge in [-0.15, -0.1) is 0 Å². The average molecular weight is 246 g/mol. The Morgan fingerprint density at radius 1 is 1.50 bits per heavy atom. The van der Waals surface area contributed by atoms with Gasteiger partial charge in [0.25, 0.3) is 5.91 Å². The third-order valence-electron chi connectivity index (χ3n) is 2.28. The van der Waals surface area contributed by atoms with E-state index >= 15 is 0 Å². The maximum absolute atomic E-state index is 11.7. The van der Waals surface area contributed by atoms with Crippen LogP contribution in [-0.4, -0.2) is 32.2 Å². The van der Waals surface area contributed by atoms with Gasteiger partial charge in [0.15, 0.2) is 5.82 Å². The number of rotatable bonds is 4. The van der Waals surface area contributed by atoms with Crippen molar-refractivity contribution in [2.24, 2.45) is 7.05 Å². The van der Waals surface area contributed by atoms with E-state index in [1.807, 2.05) is 0 Å². The van der Waals surface area contributed by atoms with E-state index in [-0.39, 0.29) is 5.91 Å². The Morgan fingerprint density at radius 2 is 2.33 bits per heavy atom. The Hall–Kier alpha value is -2.44. The van der Waals surface area contributed by atoms with Crippen LogP contribution in [0.4, 0.5) is 5.82 Å². The van der Waals surface area contributed by atoms with Crippen LogP contribution in [0, 0.1) is 0 Å². The summed E-state index contributed by atoms with van der Waals surface area (Å²) in [7, 11) is 1.80. The fourth-order valence-electron chi connectivity index (χ4n) is 1.45. The number of hydrogen-bond acceptors (Lipinski definition) is 5. The quantitative estimate of drug-likeness (QED) is 0.776. The number of nitrogen functional groups attached to an aromatic ring is 1. The van der Waals surface area contributed by atoms with Gasteiger partial charge in [-0.05, 0) is 12.1 Å². The molecule has 0 radical (unpaired) electrons. The van der Waals surface area contributed by atoms with Gasteiger partial charge < -0.3 is 11.1 Å². The molecule has 0 saturated heterocycles. The van der Waals surface area contributed by atoms with Gasteiger partial charge >= 0.3 is 0 Å². The molecular weight excluding hydrogens is 232 g/mol. The number of anilines is 1. The summed E-state index contributed by atoms with van der Waals surface area (Å²) in [5, 5.41) is 6.85. The maximum atomic E-state index is 11.7. The minimum absolute atomic E-state index is 0.252. The number of aryl methyl sites for hydroxylation is 1. The highest BCUT2D eigenvalue weighted by Gasteiger charge is 2.07. The summed E-state index contributed by atoms with van der Waals surface area (Å²) in [6.07, 6.45) is 2.20. The second kappa shape index (κ2) is 5.26. The highest BCUT2D eigenvalue weighted by molar-refractivity contribution is 5.92. The average Bonchev–Trinajstić information content (AvgIpc) is 2.75. The lowest BCUT2D eigenvalue weighted by Crippen LogP contribution is -2.27. The molecule has 18 heavy (non-hydrogen) atoms. The molecule has 3 N–H and O–H groups in total. The van der Waals surface area contributed by atoms with Crippen LogP contribution >= 0.6 is 0 Å². The largest absolute Gasteiger partial charge is 0.384 e. The van der Waals surface area contributed by atoms with E-state index in [1.165, 1.54) is 0 Å². The molecule has 0 aromatic carbocycles. The molecule has 94 valence electrons. The standard InChI is InChI=1S/C11H14N6O/c1-17-7-14-10(16-17)5-6-13-11(18)8-3-2-4-9(12)15-8/h2-4,7H,5-6H2,1H3,(H2,12,15)(H,13,18). The number of carbonyl (C=O) groups excluding carboxylic acids is 1. The van der Waals surface area contributed by atoms with E-state index in [4.69, 9.17) is 5.73 Å². The van der Waals surface area contributed by atoms with Crippen molar-refractivity contribution < 1.29 is 4.79 Å². The molecule has 0 aliphatic heterocycles. The van der Waals surface area contributed by atoms with Crippen molar-refractivity contribution in [3.8, 4) is 0 Å². The van der Waals surface area contributed by atoms with Gasteiger partial charge in [0, 0.05) is 20.0 Å². The number of carbonyl (C=O) groups is 1. The summed E-state index contributed by atoms with van der Waals surface area (Å²) in [5.74, 6) is 0.769. The molecule has 0 saturated carbocycles. The van der Waals surface area contributed by atoms with Crippen LogP contribution in [0.3, 0.4) is 0 Å². The van der Waals surface area contributed by atoms with Crippen LogP contribution in [0.25, 0.3) is 0 Å². The summed E-state index contributed by atoms with van der Waals surface area (Å²) in [6, 6.07) is 4.94. The summed E-state index contributed by atoms with van der Waals surface area (Å²) in [5.41, 5.74) is 5.81. The first kappa shape index (κ1) is 12.0. The first-order chi connectivity index (χ1) is 8.65. The van der Waals surface area contributed by atoms with E-state index in [2.05, 4.69) is 20.4 Å². The van der Waals surface area contributed by atoms with Crippen molar-refractivity contribution in [3.63, 3.8) is 0 Å². The van der Waals surface area contributed by atoms with E-state index in [1.54, 1.807) is 36.3 Å². The van der Waals surface area contributed by atoms with Crippen LogP contribution in [0.15, 0.2) is 24.5 Å². The van der Waals surface area contributed by atoms with Crippen molar-refractivity contribution in [2.75, 3.05) is 12.3 Å². The molecule has 1 amide bonds. The zero-order valence-corrected chi connectivity index (χ0v) is 10.00. The first-order valence-corrected chi connectivity index (χ1v) is 5.50. The van der Waals surface area contributed by atoms with Gasteiger partial charge in [0.2, 0.25) is 0 Å². The smallest absolute Gasteiger partial charge is 0.269 e. The Labute approximate surface area is 104 Å². The maximum Gasteiger partial charge on any atom is 0.269 e. The minimum atomic E-state index is -0.252. The fraction of sp³-hybridized carbons (Fsp3) is 0.273. The van der Waals surface area contributed by atoms with E-state index < -0.39 is 0 Å². The molecule has 0 fully saturated rings. The Bertz CT molecular complexity index is 550. The number of nitrogens with two attached hydrogens (primary N) is 1. The fourth-order valence-corrected chi connectivity index (χ4v) is 1.45. The van der Waals surface area contributed by atoms with E-state index in [0.717, 1.165) is 0 Å². The molecule has 0 aliphatic rings. The summed E-state index contributed by atoms with van der Waals surface area (Å²) in [6.45, 7) is 0.458. The van der Waals surface area contributed by atoms with Crippen LogP contribution in [-0.2, 0) is 13.5 Å². The molecule has 0 atom stereocenters.